The van der Waals surface area contributed by atoms with E-state index in [4.69, 9.17) is 21.3 Å². The number of pyridine rings is 1. The van der Waals surface area contributed by atoms with Crippen molar-refractivity contribution in [3.05, 3.63) is 91.9 Å². The number of nitrogens with zero attached hydrogens (tertiary/aromatic N) is 2. The third kappa shape index (κ3) is 5.70. The number of rotatable bonds is 8. The highest BCUT2D eigenvalue weighted by Gasteiger charge is 2.30. The molecule has 2 aromatic carbocycles. The number of nitrogens with one attached hydrogen (secondary N) is 4. The Morgan fingerprint density at radius 2 is 1.82 bits per heavy atom. The number of amides is 2. The highest BCUT2D eigenvalue weighted by atomic mass is 35.5. The molecule has 0 radical (unpaired) electrons. The van der Waals surface area contributed by atoms with Crippen LogP contribution in [0.3, 0.4) is 0 Å². The van der Waals surface area contributed by atoms with Gasteiger partial charge in [0.15, 0.2) is 0 Å². The van der Waals surface area contributed by atoms with Crippen molar-refractivity contribution in [2.75, 3.05) is 19.0 Å². The maximum Gasteiger partial charge on any atom is 0.277 e. The van der Waals surface area contributed by atoms with Gasteiger partial charge in [-0.1, -0.05) is 41.9 Å². The number of aromatic amines is 1. The van der Waals surface area contributed by atoms with Crippen LogP contribution in [0.2, 0.25) is 5.02 Å². The highest BCUT2D eigenvalue weighted by molar-refractivity contribution is 6.36. The first-order valence-electron chi connectivity index (χ1n) is 14.6. The molecule has 1 aliphatic heterocycles. The molecule has 1 saturated heterocycles. The molecular formula is C33H33ClN6O4. The number of fused-ring (bicyclic) bond motifs is 1. The molecule has 0 bridgehead atoms. The number of aromatic nitrogens is 3. The Morgan fingerprint density at radius 1 is 1.05 bits per heavy atom. The monoisotopic (exact) mass is 612 g/mol. The molecule has 3 heterocycles. The van der Waals surface area contributed by atoms with Gasteiger partial charge in [-0.2, -0.15) is 5.10 Å². The second-order valence-electron chi connectivity index (χ2n) is 11.2. The van der Waals surface area contributed by atoms with Crippen LogP contribution in [-0.4, -0.2) is 46.7 Å². The Bertz CT molecular complexity index is 1840. The zero-order chi connectivity index (χ0) is 31.0. The molecule has 0 saturated carbocycles. The summed E-state index contributed by atoms with van der Waals surface area (Å²) in [4.78, 5) is 41.7. The summed E-state index contributed by atoms with van der Waals surface area (Å²) < 4.78 is 5.78. The summed E-state index contributed by atoms with van der Waals surface area (Å²) in [7, 11) is 1.63. The minimum atomic E-state index is -0.556. The van der Waals surface area contributed by atoms with Crippen molar-refractivity contribution >= 4 is 29.1 Å². The Hall–Kier alpha value is -4.54. The van der Waals surface area contributed by atoms with Crippen molar-refractivity contribution in [3.63, 3.8) is 0 Å². The molecule has 11 heteroatoms. The molecule has 4 N–H and O–H groups in total. The molecule has 10 nitrogen and oxygen atoms in total. The Kier molecular flexibility index (Phi) is 8.20. The van der Waals surface area contributed by atoms with E-state index in [1.807, 2.05) is 37.3 Å². The summed E-state index contributed by atoms with van der Waals surface area (Å²) in [5.41, 5.74) is 6.64. The molecule has 1 fully saturated rings. The van der Waals surface area contributed by atoms with E-state index >= 15 is 0 Å². The van der Waals surface area contributed by atoms with Gasteiger partial charge >= 0.3 is 0 Å². The van der Waals surface area contributed by atoms with Crippen LogP contribution in [0.15, 0.2) is 53.3 Å². The maximum absolute atomic E-state index is 13.0. The number of anilines is 1. The number of hydrogen-bond donors (Lipinski definition) is 4. The molecular weight excluding hydrogens is 580 g/mol. The number of methoxy groups -OCH3 is 1. The van der Waals surface area contributed by atoms with Crippen LogP contribution >= 0.6 is 11.6 Å². The molecule has 0 spiro atoms. The van der Waals surface area contributed by atoms with Gasteiger partial charge in [0.25, 0.3) is 11.5 Å². The van der Waals surface area contributed by atoms with Crippen LogP contribution in [0.1, 0.15) is 58.0 Å². The lowest BCUT2D eigenvalue weighted by Crippen LogP contribution is -2.36. The Labute approximate surface area is 259 Å². The largest absolute Gasteiger partial charge is 0.481 e. The van der Waals surface area contributed by atoms with Crippen molar-refractivity contribution in [1.82, 2.24) is 25.8 Å². The van der Waals surface area contributed by atoms with Crippen molar-refractivity contribution < 1.29 is 14.3 Å². The van der Waals surface area contributed by atoms with E-state index < -0.39 is 11.5 Å². The number of carbonyl (C=O) groups excluding carboxylic acids is 2. The maximum atomic E-state index is 13.0. The number of H-pyrrole nitrogens is 1. The number of ether oxygens (including phenoxy) is 1. The van der Waals surface area contributed by atoms with E-state index in [0.29, 0.717) is 40.9 Å². The van der Waals surface area contributed by atoms with E-state index in [2.05, 4.69) is 32.2 Å². The third-order valence-electron chi connectivity index (χ3n) is 8.37. The van der Waals surface area contributed by atoms with E-state index in [9.17, 15) is 14.4 Å². The van der Waals surface area contributed by atoms with Crippen molar-refractivity contribution in [3.8, 4) is 28.3 Å². The van der Waals surface area contributed by atoms with Gasteiger partial charge in [-0.3, -0.25) is 14.4 Å². The number of halogens is 1. The first-order valence-corrected chi connectivity index (χ1v) is 15.0. The summed E-state index contributed by atoms with van der Waals surface area (Å²) in [6.45, 7) is 4.30. The molecule has 2 amide bonds. The molecule has 6 rings (SSSR count). The van der Waals surface area contributed by atoms with Crippen molar-refractivity contribution in [1.29, 1.82) is 0 Å². The van der Waals surface area contributed by atoms with Crippen LogP contribution < -0.4 is 26.2 Å². The van der Waals surface area contributed by atoms with Gasteiger partial charge in [0, 0.05) is 47.4 Å². The first-order chi connectivity index (χ1) is 21.2. The van der Waals surface area contributed by atoms with Crippen LogP contribution in [0, 0.1) is 13.8 Å². The fraction of sp³-hybridized carbons (Fsp3) is 0.303. The quantitative estimate of drug-likeness (QED) is 0.222. The fourth-order valence-corrected chi connectivity index (χ4v) is 6.41. The number of benzene rings is 2. The van der Waals surface area contributed by atoms with Crippen molar-refractivity contribution in [2.24, 2.45) is 0 Å². The zero-order valence-corrected chi connectivity index (χ0v) is 25.5. The standard InChI is InChI=1S/C33H33ClN6O4/c1-17-14-24(32(43)40-39-17)31(42)37-25-9-5-6-21(18(25)2)22-7-4-8-23(30(22)34)27-15-19-10-12-26(29(19)33(38-27)44-3)35-16-20-11-13-28(41)36-20/h4-9,14-15,20,26,35H,10-13,16H2,1-3H3,(H,36,41)(H,37,42)(H,40,43). The molecule has 2 aliphatic rings. The van der Waals surface area contributed by atoms with E-state index in [1.165, 1.54) is 6.07 Å². The number of carbonyl (C=O) groups is 2. The van der Waals surface area contributed by atoms with E-state index in [1.54, 1.807) is 20.1 Å². The predicted octanol–water partition coefficient (Wildman–Crippen LogP) is 4.89. The normalized spacial score (nSPS) is 17.3. The van der Waals surface area contributed by atoms with Gasteiger partial charge in [0.05, 0.1) is 23.5 Å². The van der Waals surface area contributed by atoms with Crippen molar-refractivity contribution in [2.45, 2.75) is 51.6 Å². The average molecular weight is 613 g/mol. The molecule has 2 aromatic heterocycles. The van der Waals surface area contributed by atoms with Gasteiger partial charge < -0.3 is 20.7 Å². The summed E-state index contributed by atoms with van der Waals surface area (Å²) in [6, 6.07) is 15.1. The molecule has 1 aliphatic carbocycles. The fourth-order valence-electron chi connectivity index (χ4n) is 6.08. The smallest absolute Gasteiger partial charge is 0.277 e. The SMILES string of the molecule is COc1nc(-c2cccc(-c3cccc(NC(=O)c4cc(C)n[nH]c4=O)c3C)c2Cl)cc2c1C(NCC1CCC(=O)N1)CC2. The van der Waals surface area contributed by atoms with Gasteiger partial charge in [0.2, 0.25) is 11.8 Å². The second kappa shape index (κ2) is 12.2. The van der Waals surface area contributed by atoms with E-state index in [-0.39, 0.29) is 23.6 Å². The summed E-state index contributed by atoms with van der Waals surface area (Å²) in [5, 5.41) is 16.2. The van der Waals surface area contributed by atoms with Crippen LogP contribution in [-0.2, 0) is 11.2 Å². The molecule has 44 heavy (non-hydrogen) atoms. The van der Waals surface area contributed by atoms with Gasteiger partial charge in [-0.15, -0.1) is 0 Å². The van der Waals surface area contributed by atoms with Crippen LogP contribution in [0.5, 0.6) is 5.88 Å². The number of aryl methyl sites for hydroxylation is 2. The highest BCUT2D eigenvalue weighted by Crippen LogP contribution is 2.43. The van der Waals surface area contributed by atoms with Crippen LogP contribution in [0.4, 0.5) is 5.69 Å². The molecule has 226 valence electrons. The lowest BCUT2D eigenvalue weighted by atomic mass is 9.96. The molecule has 4 aromatic rings. The summed E-state index contributed by atoms with van der Waals surface area (Å²) >= 11 is 7.08. The van der Waals surface area contributed by atoms with Gasteiger partial charge in [-0.25, -0.2) is 10.1 Å². The zero-order valence-electron chi connectivity index (χ0n) is 24.7. The summed E-state index contributed by atoms with van der Waals surface area (Å²) in [6.07, 6.45) is 3.20. The number of hydrogen-bond acceptors (Lipinski definition) is 7. The minimum absolute atomic E-state index is 0.0123. The average Bonchev–Trinajstić information content (AvgIpc) is 3.63. The topological polar surface area (TPSA) is 138 Å². The molecule has 2 unspecified atom stereocenters. The first kappa shape index (κ1) is 29.5. The van der Waals surface area contributed by atoms with Gasteiger partial charge in [-0.05, 0) is 68.0 Å². The van der Waals surface area contributed by atoms with E-state index in [0.717, 1.165) is 52.6 Å². The van der Waals surface area contributed by atoms with Crippen LogP contribution in [0.25, 0.3) is 22.4 Å². The second-order valence-corrected chi connectivity index (χ2v) is 11.6. The predicted molar refractivity (Wildman–Crippen MR) is 169 cm³/mol. The summed E-state index contributed by atoms with van der Waals surface area (Å²) in [5.74, 6) is 0.147. The lowest BCUT2D eigenvalue weighted by Gasteiger charge is -2.20. The Balaban J connectivity index is 1.29. The Morgan fingerprint density at radius 3 is 2.59 bits per heavy atom. The lowest BCUT2D eigenvalue weighted by molar-refractivity contribution is -0.119. The third-order valence-corrected chi connectivity index (χ3v) is 8.78. The van der Waals surface area contributed by atoms with Gasteiger partial charge in [0.1, 0.15) is 5.56 Å². The molecule has 2 atom stereocenters. The minimum Gasteiger partial charge on any atom is -0.481 e.